The third-order valence-corrected chi connectivity index (χ3v) is 5.29. The second-order valence-corrected chi connectivity index (χ2v) is 8.16. The van der Waals surface area contributed by atoms with Crippen LogP contribution in [0.25, 0.3) is 0 Å². The number of benzene rings is 3. The minimum absolute atomic E-state index is 0.0648. The summed E-state index contributed by atoms with van der Waals surface area (Å²) in [4.78, 5) is 12.3. The molecule has 7 heteroatoms. The number of carbonyl (C=O) groups excluding carboxylic acids is 1. The van der Waals surface area contributed by atoms with Crippen LogP contribution in [0.15, 0.2) is 65.1 Å². The molecule has 0 aliphatic carbocycles. The highest BCUT2D eigenvalue weighted by Crippen LogP contribution is 2.32. The van der Waals surface area contributed by atoms with Crippen LogP contribution in [0.3, 0.4) is 0 Å². The number of hydrogen-bond acceptors (Lipinski definition) is 5. The summed E-state index contributed by atoms with van der Waals surface area (Å²) < 4.78 is 17.5. The van der Waals surface area contributed by atoms with E-state index in [9.17, 15) is 4.79 Å². The zero-order valence-corrected chi connectivity index (χ0v) is 18.7. The Balaban J connectivity index is 1.32. The van der Waals surface area contributed by atoms with Crippen LogP contribution in [0, 0.1) is 6.92 Å². The fourth-order valence-electron chi connectivity index (χ4n) is 3.20. The summed E-state index contributed by atoms with van der Waals surface area (Å²) >= 11 is 3.50. The number of rotatable bonds is 8. The first-order valence-electron chi connectivity index (χ1n) is 9.94. The number of hydrogen-bond donors (Lipinski definition) is 2. The minimum Gasteiger partial charge on any atom is -0.483 e. The van der Waals surface area contributed by atoms with Crippen LogP contribution in [-0.4, -0.2) is 19.3 Å². The molecule has 0 unspecified atom stereocenters. The van der Waals surface area contributed by atoms with Gasteiger partial charge in [0.05, 0.1) is 0 Å². The molecule has 4 rings (SSSR count). The summed E-state index contributed by atoms with van der Waals surface area (Å²) in [6.07, 6.45) is 0. The Hall–Kier alpha value is -3.03. The third kappa shape index (κ3) is 5.77. The zero-order chi connectivity index (χ0) is 21.6. The molecule has 1 heterocycles. The van der Waals surface area contributed by atoms with Crippen molar-refractivity contribution in [3.8, 4) is 17.2 Å². The second-order valence-electron chi connectivity index (χ2n) is 7.25. The van der Waals surface area contributed by atoms with Gasteiger partial charge >= 0.3 is 0 Å². The summed E-state index contributed by atoms with van der Waals surface area (Å²) in [5.41, 5.74) is 3.94. The maximum atomic E-state index is 12.3. The normalized spacial score (nSPS) is 11.9. The van der Waals surface area contributed by atoms with Gasteiger partial charge in [0.1, 0.15) is 5.75 Å². The average Bonchev–Trinajstić information content (AvgIpc) is 3.23. The largest absolute Gasteiger partial charge is 0.483 e. The molecule has 0 atom stereocenters. The summed E-state index contributed by atoms with van der Waals surface area (Å²) in [5, 5.41) is 6.26. The molecule has 0 saturated carbocycles. The van der Waals surface area contributed by atoms with Gasteiger partial charge in [-0.15, -0.1) is 0 Å². The molecule has 0 saturated heterocycles. The van der Waals surface area contributed by atoms with Gasteiger partial charge in [-0.05, 0) is 55.0 Å². The quantitative estimate of drug-likeness (QED) is 0.482. The SMILES string of the molecule is Cc1ccc(NC(=O)COc2ccc(Br)cc2CNCc2ccc3c(c2)OCO3)cc1. The van der Waals surface area contributed by atoms with Crippen LogP contribution >= 0.6 is 15.9 Å². The van der Waals surface area contributed by atoms with Crippen molar-refractivity contribution in [3.63, 3.8) is 0 Å². The lowest BCUT2D eigenvalue weighted by molar-refractivity contribution is -0.118. The van der Waals surface area contributed by atoms with E-state index in [1.807, 2.05) is 67.6 Å². The van der Waals surface area contributed by atoms with Crippen molar-refractivity contribution in [2.24, 2.45) is 0 Å². The molecular weight excluding hydrogens is 460 g/mol. The van der Waals surface area contributed by atoms with E-state index in [4.69, 9.17) is 14.2 Å². The van der Waals surface area contributed by atoms with Gasteiger partial charge in [-0.25, -0.2) is 0 Å². The maximum Gasteiger partial charge on any atom is 0.262 e. The van der Waals surface area contributed by atoms with Gasteiger partial charge in [0, 0.05) is 28.8 Å². The number of halogens is 1. The molecule has 1 aliphatic heterocycles. The molecule has 3 aromatic carbocycles. The molecule has 0 radical (unpaired) electrons. The molecule has 6 nitrogen and oxygen atoms in total. The Kier molecular flexibility index (Phi) is 6.74. The third-order valence-electron chi connectivity index (χ3n) is 4.80. The number of aryl methyl sites for hydroxylation is 1. The Morgan fingerprint density at radius 1 is 1.00 bits per heavy atom. The standard InChI is InChI=1S/C24H23BrN2O4/c1-16-2-6-20(7-3-16)27-24(28)14-29-21-9-5-19(25)11-18(21)13-26-12-17-4-8-22-23(10-17)31-15-30-22/h2-11,26H,12-15H2,1H3,(H,27,28). The summed E-state index contributed by atoms with van der Waals surface area (Å²) in [5.74, 6) is 2.01. The van der Waals surface area contributed by atoms with Crippen LogP contribution in [0.1, 0.15) is 16.7 Å². The van der Waals surface area contributed by atoms with Crippen molar-refractivity contribution in [3.05, 3.63) is 81.8 Å². The first kappa shape index (κ1) is 21.2. The topological polar surface area (TPSA) is 68.8 Å². The van der Waals surface area contributed by atoms with Gasteiger partial charge in [-0.1, -0.05) is 39.7 Å². The molecule has 1 aliphatic rings. The molecule has 0 aromatic heterocycles. The van der Waals surface area contributed by atoms with Crippen LogP contribution in [0.2, 0.25) is 0 Å². The fraction of sp³-hybridized carbons (Fsp3) is 0.208. The van der Waals surface area contributed by atoms with Gasteiger partial charge in [-0.3, -0.25) is 4.79 Å². The van der Waals surface area contributed by atoms with E-state index in [-0.39, 0.29) is 19.3 Å². The van der Waals surface area contributed by atoms with E-state index < -0.39 is 0 Å². The van der Waals surface area contributed by atoms with E-state index in [1.165, 1.54) is 0 Å². The predicted octanol–water partition coefficient (Wildman–Crippen LogP) is 4.79. The van der Waals surface area contributed by atoms with E-state index in [1.54, 1.807) is 0 Å². The number of carbonyl (C=O) groups is 1. The van der Waals surface area contributed by atoms with Crippen LogP contribution in [-0.2, 0) is 17.9 Å². The van der Waals surface area contributed by atoms with Gasteiger partial charge in [-0.2, -0.15) is 0 Å². The number of anilines is 1. The number of amides is 1. The molecule has 0 fully saturated rings. The molecule has 3 aromatic rings. The first-order valence-corrected chi connectivity index (χ1v) is 10.7. The van der Waals surface area contributed by atoms with E-state index >= 15 is 0 Å². The molecule has 160 valence electrons. The number of nitrogens with one attached hydrogen (secondary N) is 2. The summed E-state index contributed by atoms with van der Waals surface area (Å²) in [6.45, 7) is 3.46. The average molecular weight is 483 g/mol. The molecule has 2 N–H and O–H groups in total. The van der Waals surface area contributed by atoms with Crippen molar-refractivity contribution in [2.75, 3.05) is 18.7 Å². The van der Waals surface area contributed by atoms with E-state index in [0.717, 1.165) is 38.3 Å². The lowest BCUT2D eigenvalue weighted by Crippen LogP contribution is -2.21. The highest BCUT2D eigenvalue weighted by molar-refractivity contribution is 9.10. The first-order chi connectivity index (χ1) is 15.1. The molecular formula is C24H23BrN2O4. The van der Waals surface area contributed by atoms with Gasteiger partial charge in [0.25, 0.3) is 5.91 Å². The van der Waals surface area contributed by atoms with Crippen molar-refractivity contribution < 1.29 is 19.0 Å². The smallest absolute Gasteiger partial charge is 0.262 e. The Morgan fingerprint density at radius 3 is 2.65 bits per heavy atom. The monoisotopic (exact) mass is 482 g/mol. The van der Waals surface area contributed by atoms with E-state index in [0.29, 0.717) is 18.8 Å². The number of ether oxygens (including phenoxy) is 3. The highest BCUT2D eigenvalue weighted by Gasteiger charge is 2.13. The van der Waals surface area contributed by atoms with Crippen LogP contribution in [0.4, 0.5) is 5.69 Å². The molecule has 0 spiro atoms. The lowest BCUT2D eigenvalue weighted by Gasteiger charge is -2.13. The molecule has 31 heavy (non-hydrogen) atoms. The van der Waals surface area contributed by atoms with Gasteiger partial charge in [0.2, 0.25) is 6.79 Å². The summed E-state index contributed by atoms with van der Waals surface area (Å²) in [6, 6.07) is 19.3. The predicted molar refractivity (Wildman–Crippen MR) is 123 cm³/mol. The van der Waals surface area contributed by atoms with Crippen molar-refractivity contribution in [1.29, 1.82) is 0 Å². The van der Waals surface area contributed by atoms with Gasteiger partial charge in [0.15, 0.2) is 18.1 Å². The van der Waals surface area contributed by atoms with Crippen molar-refractivity contribution >= 4 is 27.5 Å². The molecule has 1 amide bonds. The Bertz CT molecular complexity index is 1070. The fourth-order valence-corrected chi connectivity index (χ4v) is 3.61. The number of fused-ring (bicyclic) bond motifs is 1. The second kappa shape index (κ2) is 9.85. The van der Waals surface area contributed by atoms with Crippen molar-refractivity contribution in [2.45, 2.75) is 20.0 Å². The van der Waals surface area contributed by atoms with E-state index in [2.05, 4.69) is 26.6 Å². The minimum atomic E-state index is -0.203. The van der Waals surface area contributed by atoms with Crippen LogP contribution in [0.5, 0.6) is 17.2 Å². The Labute approximate surface area is 189 Å². The van der Waals surface area contributed by atoms with Crippen LogP contribution < -0.4 is 24.8 Å². The molecule has 0 bridgehead atoms. The van der Waals surface area contributed by atoms with Crippen molar-refractivity contribution in [1.82, 2.24) is 5.32 Å². The highest BCUT2D eigenvalue weighted by atomic mass is 79.9. The lowest BCUT2D eigenvalue weighted by atomic mass is 10.1. The van der Waals surface area contributed by atoms with Gasteiger partial charge < -0.3 is 24.8 Å². The Morgan fingerprint density at radius 2 is 1.81 bits per heavy atom. The summed E-state index contributed by atoms with van der Waals surface area (Å²) in [7, 11) is 0. The zero-order valence-electron chi connectivity index (χ0n) is 17.1. The maximum absolute atomic E-state index is 12.3.